The minimum Gasteiger partial charge on any atom is -0.497 e. The van der Waals surface area contributed by atoms with Gasteiger partial charge in [0.1, 0.15) is 11.9 Å². The summed E-state index contributed by atoms with van der Waals surface area (Å²) in [4.78, 5) is 24.0. The molecule has 1 saturated carbocycles. The number of anilines is 2. The van der Waals surface area contributed by atoms with Gasteiger partial charge in [-0.2, -0.15) is 13.2 Å². The highest BCUT2D eigenvalue weighted by Gasteiger charge is 2.38. The first-order valence-corrected chi connectivity index (χ1v) is 15.1. The second kappa shape index (κ2) is 14.3. The van der Waals surface area contributed by atoms with E-state index in [1.54, 1.807) is 12.1 Å². The smallest absolute Gasteiger partial charge is 0.490 e. The van der Waals surface area contributed by atoms with Gasteiger partial charge in [-0.05, 0) is 37.0 Å². The van der Waals surface area contributed by atoms with Crippen molar-refractivity contribution in [1.29, 1.82) is 0 Å². The minimum atomic E-state index is -5.08. The van der Waals surface area contributed by atoms with E-state index in [9.17, 15) is 17.6 Å². The van der Waals surface area contributed by atoms with Crippen LogP contribution in [0, 0.1) is 5.82 Å². The Kier molecular flexibility index (Phi) is 10.3. The number of aromatic nitrogens is 2. The van der Waals surface area contributed by atoms with Crippen molar-refractivity contribution < 1.29 is 36.9 Å². The van der Waals surface area contributed by atoms with Crippen LogP contribution in [0.15, 0.2) is 48.5 Å². The Morgan fingerprint density at radius 1 is 1.02 bits per heavy atom. The summed E-state index contributed by atoms with van der Waals surface area (Å²) in [5.41, 5.74) is 3.52. The van der Waals surface area contributed by atoms with E-state index < -0.39 is 12.1 Å². The molecule has 0 radical (unpaired) electrons. The van der Waals surface area contributed by atoms with Gasteiger partial charge in [0.05, 0.1) is 18.5 Å². The third-order valence-corrected chi connectivity index (χ3v) is 8.18. The van der Waals surface area contributed by atoms with Crippen LogP contribution in [0.5, 0.6) is 11.5 Å². The summed E-state index contributed by atoms with van der Waals surface area (Å²) in [6.07, 6.45) is 1.03. The van der Waals surface area contributed by atoms with Crippen molar-refractivity contribution >= 4 is 17.6 Å². The van der Waals surface area contributed by atoms with E-state index in [0.29, 0.717) is 11.8 Å². The van der Waals surface area contributed by atoms with Crippen molar-refractivity contribution in [2.75, 3.05) is 37.0 Å². The maximum atomic E-state index is 14.4. The monoisotopic (exact) mass is 631 g/mol. The van der Waals surface area contributed by atoms with Gasteiger partial charge in [-0.3, -0.25) is 4.90 Å². The van der Waals surface area contributed by atoms with Crippen LogP contribution in [0.4, 0.5) is 29.2 Å². The predicted molar refractivity (Wildman–Crippen MR) is 160 cm³/mol. The zero-order valence-corrected chi connectivity index (χ0v) is 25.0. The highest BCUT2D eigenvalue weighted by atomic mass is 19.4. The number of aliphatic carboxylic acids is 1. The van der Waals surface area contributed by atoms with Crippen LogP contribution < -0.4 is 19.7 Å². The van der Waals surface area contributed by atoms with Crippen molar-refractivity contribution in [1.82, 2.24) is 14.9 Å². The lowest BCUT2D eigenvalue weighted by Gasteiger charge is -2.36. The summed E-state index contributed by atoms with van der Waals surface area (Å²) in [5.74, 6) is -0.503. The van der Waals surface area contributed by atoms with Crippen molar-refractivity contribution in [2.24, 2.45) is 0 Å². The van der Waals surface area contributed by atoms with Gasteiger partial charge in [0.15, 0.2) is 23.2 Å². The van der Waals surface area contributed by atoms with Gasteiger partial charge in [0.2, 0.25) is 0 Å². The average molecular weight is 632 g/mol. The molecule has 0 unspecified atom stereocenters. The number of carboxylic acids is 1. The molecule has 2 aliphatic heterocycles. The molecule has 0 atom stereocenters. The fourth-order valence-electron chi connectivity index (χ4n) is 5.49. The Hall–Kier alpha value is -4.13. The second-order valence-corrected chi connectivity index (χ2v) is 11.4. The number of carbonyl (C=O) groups is 1. The number of nitrogens with zero attached hydrogens (tertiary/aromatic N) is 4. The number of nitrogens with one attached hydrogen (secondary N) is 1. The van der Waals surface area contributed by atoms with Crippen LogP contribution in [0.2, 0.25) is 0 Å². The lowest BCUT2D eigenvalue weighted by atomic mass is 9.93. The zero-order valence-electron chi connectivity index (χ0n) is 25.0. The van der Waals surface area contributed by atoms with Crippen molar-refractivity contribution in [3.05, 3.63) is 71.3 Å². The quantitative estimate of drug-likeness (QED) is 0.298. The van der Waals surface area contributed by atoms with E-state index in [4.69, 9.17) is 29.3 Å². The third-order valence-electron chi connectivity index (χ3n) is 8.18. The molecule has 13 heteroatoms. The molecule has 1 aliphatic carbocycles. The van der Waals surface area contributed by atoms with Gasteiger partial charge in [0, 0.05) is 64.1 Å². The number of methoxy groups -OCH3 is 1. The number of hydrogen-bond acceptors (Lipinski definition) is 8. The van der Waals surface area contributed by atoms with E-state index >= 15 is 0 Å². The zero-order chi connectivity index (χ0) is 32.0. The van der Waals surface area contributed by atoms with Gasteiger partial charge >= 0.3 is 12.1 Å². The first-order chi connectivity index (χ1) is 21.6. The van der Waals surface area contributed by atoms with Crippen LogP contribution >= 0.6 is 0 Å². The highest BCUT2D eigenvalue weighted by Crippen LogP contribution is 2.33. The molecular formula is C32H37F4N5O4. The lowest BCUT2D eigenvalue weighted by Crippen LogP contribution is -2.40. The number of piperidine rings is 1. The number of ether oxygens (including phenoxy) is 2. The summed E-state index contributed by atoms with van der Waals surface area (Å²) in [6, 6.07) is 15.9. The number of benzene rings is 2. The Morgan fingerprint density at radius 3 is 2.33 bits per heavy atom. The third kappa shape index (κ3) is 8.53. The number of carboxylic acid groups (broad SMARTS) is 1. The first kappa shape index (κ1) is 32.3. The first-order valence-electron chi connectivity index (χ1n) is 15.1. The largest absolute Gasteiger partial charge is 0.497 e. The Balaban J connectivity index is 0.000000515. The second-order valence-electron chi connectivity index (χ2n) is 11.4. The average Bonchev–Trinajstić information content (AvgIpc) is 3.00. The number of rotatable bonds is 8. The topological polar surface area (TPSA) is 100 Å². The van der Waals surface area contributed by atoms with Gasteiger partial charge in [-0.25, -0.2) is 19.2 Å². The van der Waals surface area contributed by atoms with Gasteiger partial charge in [0.25, 0.3) is 0 Å². The van der Waals surface area contributed by atoms with Crippen molar-refractivity contribution in [3.63, 3.8) is 0 Å². The van der Waals surface area contributed by atoms with Crippen LogP contribution in [-0.2, 0) is 24.3 Å². The molecule has 1 saturated heterocycles. The van der Waals surface area contributed by atoms with Gasteiger partial charge in [-0.15, -0.1) is 0 Å². The summed E-state index contributed by atoms with van der Waals surface area (Å²) < 4.78 is 57.3. The minimum absolute atomic E-state index is 0.0378. The fourth-order valence-corrected chi connectivity index (χ4v) is 5.49. The van der Waals surface area contributed by atoms with Gasteiger partial charge < -0.3 is 24.8 Å². The summed E-state index contributed by atoms with van der Waals surface area (Å²) in [5, 5.41) is 10.8. The summed E-state index contributed by atoms with van der Waals surface area (Å²) >= 11 is 0. The van der Waals surface area contributed by atoms with E-state index in [-0.39, 0.29) is 17.7 Å². The van der Waals surface area contributed by atoms with Crippen molar-refractivity contribution in [3.8, 4) is 11.5 Å². The molecule has 242 valence electrons. The number of fused-ring (bicyclic) bond motifs is 1. The number of hydrogen-bond donors (Lipinski definition) is 2. The summed E-state index contributed by atoms with van der Waals surface area (Å²) in [6.45, 7) is 4.31. The van der Waals surface area contributed by atoms with Crippen molar-refractivity contribution in [2.45, 2.75) is 69.9 Å². The molecule has 0 spiro atoms. The standard InChI is InChI=1S/C30H36FN5O2.C2HF3O2/c1-37-24-10-11-28(25(31)18-24)38-23-12-16-36(17-13-23)30-29(32-22-8-5-9-22)33-26-14-15-35(20-27(26)34-30)19-21-6-3-2-4-7-21;3-2(4,5)1(6)7/h2-4,6-7,10-11,18,22-23H,5,8-9,12-17,19-20H2,1H3,(H,32,33);(H,6,7). The predicted octanol–water partition coefficient (Wildman–Crippen LogP) is 5.83. The molecule has 3 aromatic rings. The SMILES string of the molecule is COc1ccc(OC2CCN(c3nc4c(nc3NC3CCC3)CCN(Cc3ccccc3)C4)CC2)c(F)c1.O=C(O)C(F)(F)F. The molecule has 0 bridgehead atoms. The Bertz CT molecular complexity index is 1450. The van der Waals surface area contributed by atoms with Gasteiger partial charge in [-0.1, -0.05) is 30.3 Å². The fraction of sp³-hybridized carbons (Fsp3) is 0.469. The summed E-state index contributed by atoms with van der Waals surface area (Å²) in [7, 11) is 1.53. The Labute approximate surface area is 259 Å². The molecule has 45 heavy (non-hydrogen) atoms. The molecule has 9 nitrogen and oxygen atoms in total. The molecule has 2 fully saturated rings. The molecule has 2 N–H and O–H groups in total. The molecule has 1 aromatic heterocycles. The molecule has 6 rings (SSSR count). The molecular weight excluding hydrogens is 594 g/mol. The van der Waals surface area contributed by atoms with E-state index in [1.165, 1.54) is 38.0 Å². The number of alkyl halides is 3. The van der Waals surface area contributed by atoms with Crippen LogP contribution in [0.1, 0.15) is 49.1 Å². The van der Waals surface area contributed by atoms with Crippen LogP contribution in [0.25, 0.3) is 0 Å². The lowest BCUT2D eigenvalue weighted by molar-refractivity contribution is -0.192. The Morgan fingerprint density at radius 2 is 1.73 bits per heavy atom. The van der Waals surface area contributed by atoms with Crippen LogP contribution in [0.3, 0.4) is 0 Å². The van der Waals surface area contributed by atoms with E-state index in [2.05, 4.69) is 45.4 Å². The van der Waals surface area contributed by atoms with Crippen LogP contribution in [-0.4, -0.2) is 71.0 Å². The molecule has 0 amide bonds. The maximum Gasteiger partial charge on any atom is 0.490 e. The normalized spacial score (nSPS) is 17.4. The molecule has 2 aromatic carbocycles. The van der Waals surface area contributed by atoms with E-state index in [1.807, 2.05) is 0 Å². The maximum absolute atomic E-state index is 14.4. The van der Waals surface area contributed by atoms with E-state index in [0.717, 1.165) is 75.0 Å². The molecule has 3 heterocycles. The molecule has 3 aliphatic rings. The number of halogens is 4. The highest BCUT2D eigenvalue weighted by molar-refractivity contribution is 5.73.